The van der Waals surface area contributed by atoms with E-state index in [0.29, 0.717) is 12.1 Å². The fraction of sp³-hybridized carbons (Fsp3) is 0.235. The van der Waals surface area contributed by atoms with Crippen LogP contribution in [0, 0.1) is 12.7 Å². The Morgan fingerprint density at radius 3 is 2.62 bits per heavy atom. The van der Waals surface area contributed by atoms with Crippen molar-refractivity contribution in [2.45, 2.75) is 20.4 Å². The summed E-state index contributed by atoms with van der Waals surface area (Å²) in [6, 6.07) is 13.0. The zero-order valence-electron chi connectivity index (χ0n) is 12.3. The maximum Gasteiger partial charge on any atom is 0.124 e. The van der Waals surface area contributed by atoms with Gasteiger partial charge in [-0.25, -0.2) is 4.39 Å². The molecule has 0 aliphatic heterocycles. The molecule has 0 radical (unpaired) electrons. The summed E-state index contributed by atoms with van der Waals surface area (Å²) in [7, 11) is 0. The summed E-state index contributed by atoms with van der Waals surface area (Å²) in [5.41, 5.74) is 9.36. The predicted octanol–water partition coefficient (Wildman–Crippen LogP) is 3.79. The first-order chi connectivity index (χ1) is 9.99. The Morgan fingerprint density at radius 2 is 2.00 bits per heavy atom. The minimum atomic E-state index is -0.310. The van der Waals surface area contributed by atoms with E-state index in [4.69, 9.17) is 18.0 Å². The Bertz CT molecular complexity index is 655. The molecule has 0 spiro atoms. The van der Waals surface area contributed by atoms with E-state index in [9.17, 15) is 4.39 Å². The molecule has 2 nitrogen and oxygen atoms in total. The normalized spacial score (nSPS) is 10.4. The van der Waals surface area contributed by atoms with Crippen LogP contribution >= 0.6 is 12.2 Å². The molecule has 0 aliphatic carbocycles. The van der Waals surface area contributed by atoms with Gasteiger partial charge in [0.2, 0.25) is 0 Å². The molecule has 2 N–H and O–H groups in total. The summed E-state index contributed by atoms with van der Waals surface area (Å²) >= 11 is 4.93. The summed E-state index contributed by atoms with van der Waals surface area (Å²) in [5.74, 6) is -0.310. The average molecular weight is 302 g/mol. The fourth-order valence-corrected chi connectivity index (χ4v) is 2.43. The van der Waals surface area contributed by atoms with Crippen molar-refractivity contribution in [2.75, 3.05) is 11.4 Å². The highest BCUT2D eigenvalue weighted by Gasteiger charge is 2.08. The van der Waals surface area contributed by atoms with Crippen LogP contribution in [0.3, 0.4) is 0 Å². The third-order valence-corrected chi connectivity index (χ3v) is 3.60. The van der Waals surface area contributed by atoms with Crippen LogP contribution in [0.1, 0.15) is 23.6 Å². The first kappa shape index (κ1) is 15.4. The Balaban J connectivity index is 2.28. The molecule has 0 heterocycles. The van der Waals surface area contributed by atoms with Crippen LogP contribution in [0.5, 0.6) is 0 Å². The highest BCUT2D eigenvalue weighted by molar-refractivity contribution is 7.80. The number of hydrogen-bond acceptors (Lipinski definition) is 2. The van der Waals surface area contributed by atoms with Crippen molar-refractivity contribution in [3.8, 4) is 0 Å². The highest BCUT2D eigenvalue weighted by Crippen LogP contribution is 2.19. The van der Waals surface area contributed by atoms with E-state index in [-0.39, 0.29) is 10.8 Å². The zero-order chi connectivity index (χ0) is 15.4. The molecule has 4 heteroatoms. The first-order valence-electron chi connectivity index (χ1n) is 6.90. The zero-order valence-corrected chi connectivity index (χ0v) is 13.1. The van der Waals surface area contributed by atoms with Crippen molar-refractivity contribution in [3.63, 3.8) is 0 Å². The van der Waals surface area contributed by atoms with Gasteiger partial charge in [-0.1, -0.05) is 24.4 Å². The lowest BCUT2D eigenvalue weighted by atomic mass is 10.1. The third kappa shape index (κ3) is 4.02. The lowest BCUT2D eigenvalue weighted by Crippen LogP contribution is -2.22. The van der Waals surface area contributed by atoms with E-state index in [1.165, 1.54) is 17.7 Å². The maximum absolute atomic E-state index is 13.7. The van der Waals surface area contributed by atoms with Gasteiger partial charge in [-0.2, -0.15) is 0 Å². The molecule has 0 amide bonds. The molecule has 0 aliphatic rings. The van der Waals surface area contributed by atoms with Gasteiger partial charge in [0.1, 0.15) is 10.8 Å². The first-order valence-corrected chi connectivity index (χ1v) is 7.31. The van der Waals surface area contributed by atoms with Crippen molar-refractivity contribution in [1.29, 1.82) is 0 Å². The van der Waals surface area contributed by atoms with Crippen LogP contribution in [0.2, 0.25) is 0 Å². The molecule has 2 rings (SSSR count). The second kappa shape index (κ2) is 6.68. The van der Waals surface area contributed by atoms with Gasteiger partial charge in [-0.15, -0.1) is 0 Å². The van der Waals surface area contributed by atoms with Gasteiger partial charge in [0.05, 0.1) is 0 Å². The molecule has 110 valence electrons. The Hall–Kier alpha value is -1.94. The number of nitrogens with two attached hydrogens (primary N) is 1. The fourth-order valence-electron chi connectivity index (χ4n) is 2.31. The molecular weight excluding hydrogens is 283 g/mol. The Kier molecular flexibility index (Phi) is 4.91. The standard InChI is InChI=1S/C17H19FN2S/c1-3-20(16-6-4-5-12(2)7-16)11-13-8-14(17(19)21)10-15(18)9-13/h4-10H,3,11H2,1-2H3,(H2,19,21). The quantitative estimate of drug-likeness (QED) is 0.852. The van der Waals surface area contributed by atoms with Gasteiger partial charge in [0, 0.05) is 24.3 Å². The predicted molar refractivity (Wildman–Crippen MR) is 90.2 cm³/mol. The van der Waals surface area contributed by atoms with Gasteiger partial charge < -0.3 is 10.6 Å². The van der Waals surface area contributed by atoms with Crippen molar-refractivity contribution < 1.29 is 4.39 Å². The summed E-state index contributed by atoms with van der Waals surface area (Å²) in [6.07, 6.45) is 0. The van der Waals surface area contributed by atoms with Crippen LogP contribution in [0.15, 0.2) is 42.5 Å². The van der Waals surface area contributed by atoms with Gasteiger partial charge >= 0.3 is 0 Å². The second-order valence-electron chi connectivity index (χ2n) is 5.07. The van der Waals surface area contributed by atoms with Crippen molar-refractivity contribution in [1.82, 2.24) is 0 Å². The van der Waals surface area contributed by atoms with E-state index < -0.39 is 0 Å². The average Bonchev–Trinajstić information content (AvgIpc) is 2.44. The molecule has 2 aromatic carbocycles. The third-order valence-electron chi connectivity index (χ3n) is 3.36. The maximum atomic E-state index is 13.7. The SMILES string of the molecule is CCN(Cc1cc(F)cc(C(N)=S)c1)c1cccc(C)c1. The van der Waals surface area contributed by atoms with Gasteiger partial charge in [0.25, 0.3) is 0 Å². The Morgan fingerprint density at radius 1 is 1.24 bits per heavy atom. The van der Waals surface area contributed by atoms with Crippen LogP contribution in [-0.4, -0.2) is 11.5 Å². The number of hydrogen-bond donors (Lipinski definition) is 1. The summed E-state index contributed by atoms with van der Waals surface area (Å²) in [6.45, 7) is 5.59. The van der Waals surface area contributed by atoms with Gasteiger partial charge in [0.15, 0.2) is 0 Å². The summed E-state index contributed by atoms with van der Waals surface area (Å²) in [5, 5.41) is 0. The van der Waals surface area contributed by atoms with Gasteiger partial charge in [-0.05, 0) is 55.3 Å². The molecule has 0 atom stereocenters. The van der Waals surface area contributed by atoms with Gasteiger partial charge in [-0.3, -0.25) is 0 Å². The number of thiocarbonyl (C=S) groups is 1. The molecule has 0 aromatic heterocycles. The Labute approximate surface area is 130 Å². The van der Waals surface area contributed by atoms with Crippen LogP contribution in [0.25, 0.3) is 0 Å². The molecule has 2 aromatic rings. The topological polar surface area (TPSA) is 29.3 Å². The number of aryl methyl sites for hydroxylation is 1. The number of rotatable bonds is 5. The molecule has 0 unspecified atom stereocenters. The minimum Gasteiger partial charge on any atom is -0.389 e. The number of anilines is 1. The van der Waals surface area contributed by atoms with Crippen molar-refractivity contribution in [3.05, 3.63) is 65.0 Å². The minimum absolute atomic E-state index is 0.217. The van der Waals surface area contributed by atoms with E-state index in [0.717, 1.165) is 17.8 Å². The summed E-state index contributed by atoms with van der Waals surface area (Å²) in [4.78, 5) is 2.40. The van der Waals surface area contributed by atoms with E-state index >= 15 is 0 Å². The van der Waals surface area contributed by atoms with Crippen LogP contribution in [0.4, 0.5) is 10.1 Å². The van der Waals surface area contributed by atoms with Crippen LogP contribution in [-0.2, 0) is 6.54 Å². The molecular formula is C17H19FN2S. The highest BCUT2D eigenvalue weighted by atomic mass is 32.1. The number of benzene rings is 2. The van der Waals surface area contributed by atoms with Crippen LogP contribution < -0.4 is 10.6 Å². The summed E-state index contributed by atoms with van der Waals surface area (Å²) < 4.78 is 13.7. The number of nitrogens with zero attached hydrogens (tertiary/aromatic N) is 1. The van der Waals surface area contributed by atoms with E-state index in [2.05, 4.69) is 36.9 Å². The monoisotopic (exact) mass is 302 g/mol. The van der Waals surface area contributed by atoms with E-state index in [1.807, 2.05) is 12.1 Å². The van der Waals surface area contributed by atoms with Crippen molar-refractivity contribution in [2.24, 2.45) is 5.73 Å². The van der Waals surface area contributed by atoms with Crippen molar-refractivity contribution >= 4 is 22.9 Å². The molecule has 21 heavy (non-hydrogen) atoms. The molecule has 0 bridgehead atoms. The molecule has 0 saturated heterocycles. The molecule has 0 fully saturated rings. The smallest absolute Gasteiger partial charge is 0.124 e. The largest absolute Gasteiger partial charge is 0.389 e. The van der Waals surface area contributed by atoms with E-state index in [1.54, 1.807) is 0 Å². The lowest BCUT2D eigenvalue weighted by molar-refractivity contribution is 0.624. The second-order valence-corrected chi connectivity index (χ2v) is 5.51. The lowest BCUT2D eigenvalue weighted by Gasteiger charge is -2.24. The number of halogens is 1. The molecule has 0 saturated carbocycles.